The average molecular weight is 208 g/mol. The van der Waals surface area contributed by atoms with Crippen molar-refractivity contribution in [2.75, 3.05) is 14.2 Å². The standard InChI is InChI=1S/C10H12O3Si/c1-11-14(12-2)8-7-9-5-3-4-6-10(9)13-14/h3-8H,1-2H3. The Balaban J connectivity index is 2.37. The van der Waals surface area contributed by atoms with Crippen molar-refractivity contribution in [1.82, 2.24) is 0 Å². The molecular formula is C10H12O3Si. The highest BCUT2D eigenvalue weighted by atomic mass is 28.4. The van der Waals surface area contributed by atoms with Crippen LogP contribution in [0.3, 0.4) is 0 Å². The van der Waals surface area contributed by atoms with Crippen LogP contribution in [0.25, 0.3) is 6.08 Å². The zero-order valence-corrected chi connectivity index (χ0v) is 9.19. The number of fused-ring (bicyclic) bond motifs is 1. The predicted octanol–water partition coefficient (Wildman–Crippen LogP) is 1.86. The Hall–Kier alpha value is -1.10. The summed E-state index contributed by atoms with van der Waals surface area (Å²) >= 11 is 0. The van der Waals surface area contributed by atoms with Crippen LogP contribution in [0.1, 0.15) is 5.56 Å². The molecule has 74 valence electrons. The van der Waals surface area contributed by atoms with Crippen LogP contribution >= 0.6 is 0 Å². The van der Waals surface area contributed by atoms with E-state index in [4.69, 9.17) is 13.3 Å². The Morgan fingerprint density at radius 2 is 1.86 bits per heavy atom. The molecule has 1 aliphatic rings. The van der Waals surface area contributed by atoms with Gasteiger partial charge >= 0.3 is 8.80 Å². The van der Waals surface area contributed by atoms with E-state index in [1.165, 1.54) is 0 Å². The molecule has 0 amide bonds. The van der Waals surface area contributed by atoms with Gasteiger partial charge in [-0.3, -0.25) is 0 Å². The fraction of sp³-hybridized carbons (Fsp3) is 0.200. The summed E-state index contributed by atoms with van der Waals surface area (Å²) in [5.41, 5.74) is 2.94. The van der Waals surface area contributed by atoms with Crippen LogP contribution in [0, 0.1) is 0 Å². The monoisotopic (exact) mass is 208 g/mol. The van der Waals surface area contributed by atoms with E-state index in [0.29, 0.717) is 0 Å². The van der Waals surface area contributed by atoms with Gasteiger partial charge in [0.05, 0.1) is 0 Å². The SMILES string of the molecule is CO[Si]1(OC)C=Cc2ccccc2O1. The number of para-hydroxylation sites is 1. The third-order valence-corrected chi connectivity index (χ3v) is 4.42. The first-order valence-electron chi connectivity index (χ1n) is 4.37. The Kier molecular flexibility index (Phi) is 2.41. The fourth-order valence-corrected chi connectivity index (χ4v) is 2.94. The van der Waals surface area contributed by atoms with E-state index in [9.17, 15) is 0 Å². The van der Waals surface area contributed by atoms with Crippen molar-refractivity contribution in [3.05, 3.63) is 35.5 Å². The highest BCUT2D eigenvalue weighted by molar-refractivity contribution is 6.68. The first-order valence-corrected chi connectivity index (χ1v) is 6.17. The van der Waals surface area contributed by atoms with Gasteiger partial charge < -0.3 is 13.3 Å². The summed E-state index contributed by atoms with van der Waals surface area (Å²) in [7, 11) is 0.648. The summed E-state index contributed by atoms with van der Waals surface area (Å²) in [5, 5.41) is 0. The largest absolute Gasteiger partial charge is 0.594 e. The lowest BCUT2D eigenvalue weighted by Gasteiger charge is -2.27. The maximum Gasteiger partial charge on any atom is 0.594 e. The second-order valence-electron chi connectivity index (χ2n) is 2.99. The normalized spacial score (nSPS) is 17.3. The van der Waals surface area contributed by atoms with E-state index >= 15 is 0 Å². The fourth-order valence-electron chi connectivity index (χ4n) is 1.39. The van der Waals surface area contributed by atoms with E-state index < -0.39 is 8.80 Å². The molecule has 1 aromatic carbocycles. The molecule has 2 rings (SSSR count). The van der Waals surface area contributed by atoms with Crippen molar-refractivity contribution in [3.63, 3.8) is 0 Å². The molecule has 0 saturated heterocycles. The summed E-state index contributed by atoms with van der Waals surface area (Å²) in [5.74, 6) is 0.824. The zero-order chi connectivity index (χ0) is 10.0. The second-order valence-corrected chi connectivity index (χ2v) is 5.55. The predicted molar refractivity (Wildman–Crippen MR) is 55.9 cm³/mol. The van der Waals surface area contributed by atoms with Crippen LogP contribution in [-0.2, 0) is 8.85 Å². The smallest absolute Gasteiger partial charge is 0.497 e. The maximum absolute atomic E-state index is 5.73. The summed E-state index contributed by atoms with van der Waals surface area (Å²) in [4.78, 5) is 0. The van der Waals surface area contributed by atoms with E-state index in [-0.39, 0.29) is 0 Å². The molecule has 1 aliphatic heterocycles. The number of rotatable bonds is 2. The lowest BCUT2D eigenvalue weighted by atomic mass is 10.2. The van der Waals surface area contributed by atoms with Gasteiger partial charge in [-0.05, 0) is 11.8 Å². The van der Waals surface area contributed by atoms with Gasteiger partial charge in [0.15, 0.2) is 0 Å². The van der Waals surface area contributed by atoms with Crippen molar-refractivity contribution >= 4 is 14.9 Å². The van der Waals surface area contributed by atoms with E-state index in [0.717, 1.165) is 11.3 Å². The molecule has 0 atom stereocenters. The van der Waals surface area contributed by atoms with Crippen molar-refractivity contribution in [2.24, 2.45) is 0 Å². The quantitative estimate of drug-likeness (QED) is 0.694. The molecule has 4 heteroatoms. The van der Waals surface area contributed by atoms with Crippen molar-refractivity contribution in [3.8, 4) is 5.75 Å². The Bertz CT molecular complexity index is 358. The van der Waals surface area contributed by atoms with Gasteiger partial charge in [0.25, 0.3) is 0 Å². The molecule has 0 radical (unpaired) electrons. The molecule has 0 unspecified atom stereocenters. The number of benzene rings is 1. The van der Waals surface area contributed by atoms with E-state index in [2.05, 4.69) is 0 Å². The summed E-state index contributed by atoms with van der Waals surface area (Å²) < 4.78 is 16.3. The van der Waals surface area contributed by atoms with Gasteiger partial charge in [-0.2, -0.15) is 0 Å². The van der Waals surface area contributed by atoms with Crippen LogP contribution in [0.5, 0.6) is 5.75 Å². The lowest BCUT2D eigenvalue weighted by molar-refractivity contribution is 0.175. The van der Waals surface area contributed by atoms with Crippen molar-refractivity contribution < 1.29 is 13.3 Å². The van der Waals surface area contributed by atoms with Crippen LogP contribution < -0.4 is 4.43 Å². The highest BCUT2D eigenvalue weighted by Crippen LogP contribution is 2.28. The summed E-state index contributed by atoms with van der Waals surface area (Å²) in [6.45, 7) is 0. The van der Waals surface area contributed by atoms with Crippen LogP contribution in [0.15, 0.2) is 30.0 Å². The molecule has 0 aliphatic carbocycles. The third kappa shape index (κ3) is 1.48. The molecule has 14 heavy (non-hydrogen) atoms. The molecule has 0 aromatic heterocycles. The average Bonchev–Trinajstić information content (AvgIpc) is 2.28. The maximum atomic E-state index is 5.73. The van der Waals surface area contributed by atoms with Crippen molar-refractivity contribution in [2.45, 2.75) is 0 Å². The molecule has 0 bridgehead atoms. The summed E-state index contributed by atoms with van der Waals surface area (Å²) in [6.07, 6.45) is 1.98. The van der Waals surface area contributed by atoms with Crippen LogP contribution in [0.4, 0.5) is 0 Å². The van der Waals surface area contributed by atoms with Crippen LogP contribution in [-0.4, -0.2) is 23.0 Å². The summed E-state index contributed by atoms with van der Waals surface area (Å²) in [6, 6.07) is 7.82. The molecule has 3 nitrogen and oxygen atoms in total. The Morgan fingerprint density at radius 1 is 1.14 bits per heavy atom. The van der Waals surface area contributed by atoms with Gasteiger partial charge in [0.2, 0.25) is 0 Å². The highest BCUT2D eigenvalue weighted by Gasteiger charge is 2.41. The molecule has 1 heterocycles. The molecule has 0 spiro atoms. The Labute approximate surface area is 84.3 Å². The van der Waals surface area contributed by atoms with E-state index in [1.54, 1.807) is 14.2 Å². The molecular weight excluding hydrogens is 196 g/mol. The molecule has 0 saturated carbocycles. The second kappa shape index (κ2) is 3.57. The van der Waals surface area contributed by atoms with Gasteiger partial charge in [0.1, 0.15) is 5.75 Å². The Morgan fingerprint density at radius 3 is 2.57 bits per heavy atom. The minimum Gasteiger partial charge on any atom is -0.497 e. The molecule has 0 N–H and O–H groups in total. The molecule has 0 fully saturated rings. The van der Waals surface area contributed by atoms with Gasteiger partial charge in [0, 0.05) is 19.8 Å². The first-order chi connectivity index (χ1) is 6.79. The molecule has 1 aromatic rings. The number of hydrogen-bond donors (Lipinski definition) is 0. The third-order valence-electron chi connectivity index (χ3n) is 2.21. The minimum atomic E-state index is -2.56. The van der Waals surface area contributed by atoms with Crippen LogP contribution in [0.2, 0.25) is 0 Å². The topological polar surface area (TPSA) is 27.7 Å². The lowest BCUT2D eigenvalue weighted by Crippen LogP contribution is -2.46. The minimum absolute atomic E-state index is 0.824. The zero-order valence-electron chi connectivity index (χ0n) is 8.19. The van der Waals surface area contributed by atoms with Gasteiger partial charge in [-0.25, -0.2) is 0 Å². The van der Waals surface area contributed by atoms with Gasteiger partial charge in [-0.15, -0.1) is 0 Å². The van der Waals surface area contributed by atoms with E-state index in [1.807, 2.05) is 36.0 Å². The van der Waals surface area contributed by atoms with Gasteiger partial charge in [-0.1, -0.05) is 24.3 Å². The number of hydrogen-bond acceptors (Lipinski definition) is 3. The van der Waals surface area contributed by atoms with Crippen molar-refractivity contribution in [1.29, 1.82) is 0 Å². The first kappa shape index (κ1) is 9.45.